The lowest BCUT2D eigenvalue weighted by Gasteiger charge is -2.34. The van der Waals surface area contributed by atoms with Gasteiger partial charge in [0.2, 0.25) is 0 Å². The number of rotatable bonds is 5. The number of aliphatic hydroxyl groups excluding tert-OH is 1. The molecule has 0 saturated heterocycles. The molecule has 0 amide bonds. The Morgan fingerprint density at radius 3 is 2.67 bits per heavy atom. The first-order valence-corrected chi connectivity index (χ1v) is 6.75. The first-order chi connectivity index (χ1) is 8.60. The molecule has 0 aromatic rings. The molecule has 0 heterocycles. The average molecular weight is 255 g/mol. The second-order valence-corrected chi connectivity index (χ2v) is 4.93. The Bertz CT molecular complexity index is 301. The molecule has 1 N–H and O–H groups in total. The van der Waals surface area contributed by atoms with E-state index in [4.69, 9.17) is 4.74 Å². The highest BCUT2D eigenvalue weighted by Crippen LogP contribution is 2.22. The molecule has 4 heteroatoms. The number of likely N-dealkylation sites (N-methyl/N-ethyl adjacent to an activating group) is 1. The molecule has 1 aliphatic carbocycles. The quantitative estimate of drug-likeness (QED) is 0.600. The van der Waals surface area contributed by atoms with Gasteiger partial charge in [-0.15, -0.1) is 0 Å². The minimum atomic E-state index is -0.255. The number of methoxy groups -OCH3 is 1. The van der Waals surface area contributed by atoms with E-state index in [2.05, 4.69) is 4.90 Å². The molecular weight excluding hydrogens is 230 g/mol. The van der Waals surface area contributed by atoms with Crippen LogP contribution in [0.3, 0.4) is 0 Å². The Labute approximate surface area is 110 Å². The number of esters is 1. The highest BCUT2D eigenvalue weighted by atomic mass is 16.5. The Morgan fingerprint density at radius 2 is 2.11 bits per heavy atom. The summed E-state index contributed by atoms with van der Waals surface area (Å²) in [5.41, 5.74) is 0.703. The van der Waals surface area contributed by atoms with Crippen molar-refractivity contribution in [2.75, 3.05) is 20.7 Å². The van der Waals surface area contributed by atoms with E-state index in [0.29, 0.717) is 18.5 Å². The van der Waals surface area contributed by atoms with Crippen LogP contribution in [-0.4, -0.2) is 48.8 Å². The fourth-order valence-electron chi connectivity index (χ4n) is 2.50. The smallest absolute Gasteiger partial charge is 0.333 e. The normalized spacial score (nSPS) is 25.3. The summed E-state index contributed by atoms with van der Waals surface area (Å²) in [4.78, 5) is 13.6. The van der Waals surface area contributed by atoms with Crippen LogP contribution in [0.5, 0.6) is 0 Å². The van der Waals surface area contributed by atoms with Crippen molar-refractivity contribution in [3.05, 3.63) is 11.6 Å². The molecule has 1 saturated carbocycles. The maximum Gasteiger partial charge on any atom is 0.333 e. The van der Waals surface area contributed by atoms with Crippen LogP contribution in [0.2, 0.25) is 0 Å². The van der Waals surface area contributed by atoms with Crippen LogP contribution in [-0.2, 0) is 9.53 Å². The number of ether oxygens (including phenoxy) is 1. The monoisotopic (exact) mass is 255 g/mol. The molecule has 0 aromatic heterocycles. The third-order valence-corrected chi connectivity index (χ3v) is 3.71. The predicted octanol–water partition coefficient (Wildman–Crippen LogP) is 1.73. The van der Waals surface area contributed by atoms with Crippen LogP contribution in [0.25, 0.3) is 0 Å². The standard InChI is InChI=1S/C14H25NO3/c1-4-11(14(17)18-3)9-10-15(2)12-7-5-6-8-13(12)16/h9,12-13,16H,4-8,10H2,1-3H3. The summed E-state index contributed by atoms with van der Waals surface area (Å²) >= 11 is 0. The van der Waals surface area contributed by atoms with Gasteiger partial charge in [-0.2, -0.15) is 0 Å². The molecule has 0 bridgehead atoms. The lowest BCUT2D eigenvalue weighted by molar-refractivity contribution is -0.136. The van der Waals surface area contributed by atoms with Crippen molar-refractivity contribution in [3.63, 3.8) is 0 Å². The molecule has 0 radical (unpaired) electrons. The van der Waals surface area contributed by atoms with Gasteiger partial charge in [0, 0.05) is 18.2 Å². The number of carbonyl (C=O) groups is 1. The highest BCUT2D eigenvalue weighted by Gasteiger charge is 2.26. The number of hydrogen-bond acceptors (Lipinski definition) is 4. The fourth-order valence-corrected chi connectivity index (χ4v) is 2.50. The lowest BCUT2D eigenvalue weighted by Crippen LogP contribution is -2.43. The van der Waals surface area contributed by atoms with E-state index in [1.54, 1.807) is 0 Å². The van der Waals surface area contributed by atoms with Crippen molar-refractivity contribution in [2.45, 2.75) is 51.2 Å². The zero-order chi connectivity index (χ0) is 13.5. The van der Waals surface area contributed by atoms with Gasteiger partial charge in [0.05, 0.1) is 13.2 Å². The highest BCUT2D eigenvalue weighted by molar-refractivity contribution is 5.88. The summed E-state index contributed by atoms with van der Waals surface area (Å²) in [6.07, 6.45) is 6.56. The fraction of sp³-hybridized carbons (Fsp3) is 0.786. The third-order valence-electron chi connectivity index (χ3n) is 3.71. The summed E-state index contributed by atoms with van der Waals surface area (Å²) in [5, 5.41) is 9.96. The number of carbonyl (C=O) groups excluding carboxylic acids is 1. The number of nitrogens with zero attached hydrogens (tertiary/aromatic N) is 1. The van der Waals surface area contributed by atoms with E-state index in [9.17, 15) is 9.90 Å². The zero-order valence-electron chi connectivity index (χ0n) is 11.7. The molecule has 1 fully saturated rings. The van der Waals surface area contributed by atoms with Gasteiger partial charge in [-0.25, -0.2) is 4.79 Å². The first-order valence-electron chi connectivity index (χ1n) is 6.75. The second-order valence-electron chi connectivity index (χ2n) is 4.93. The van der Waals surface area contributed by atoms with Crippen molar-refractivity contribution in [1.82, 2.24) is 4.90 Å². The second kappa shape index (κ2) is 7.54. The SMILES string of the molecule is CCC(=CCN(C)C1CCCCC1O)C(=O)OC. The van der Waals surface area contributed by atoms with Gasteiger partial charge in [0.25, 0.3) is 0 Å². The third kappa shape index (κ3) is 4.10. The molecule has 0 spiro atoms. The summed E-state index contributed by atoms with van der Waals surface area (Å²) in [6.45, 7) is 2.62. The van der Waals surface area contributed by atoms with Gasteiger partial charge in [-0.3, -0.25) is 4.90 Å². The van der Waals surface area contributed by atoms with E-state index >= 15 is 0 Å². The van der Waals surface area contributed by atoms with Gasteiger partial charge < -0.3 is 9.84 Å². The molecule has 18 heavy (non-hydrogen) atoms. The maximum atomic E-state index is 11.4. The summed E-state index contributed by atoms with van der Waals surface area (Å²) < 4.78 is 4.73. The molecule has 0 aromatic carbocycles. The van der Waals surface area contributed by atoms with Crippen LogP contribution >= 0.6 is 0 Å². The van der Waals surface area contributed by atoms with Crippen molar-refractivity contribution >= 4 is 5.97 Å². The molecule has 1 rings (SSSR count). The van der Waals surface area contributed by atoms with E-state index in [1.807, 2.05) is 20.0 Å². The number of aliphatic hydroxyl groups is 1. The minimum absolute atomic E-state index is 0.214. The van der Waals surface area contributed by atoms with Gasteiger partial charge in [-0.05, 0) is 26.3 Å². The van der Waals surface area contributed by atoms with Crippen LogP contribution in [0.4, 0.5) is 0 Å². The van der Waals surface area contributed by atoms with E-state index in [1.165, 1.54) is 13.5 Å². The Kier molecular flexibility index (Phi) is 6.36. The van der Waals surface area contributed by atoms with E-state index < -0.39 is 0 Å². The molecule has 0 aliphatic heterocycles. The average Bonchev–Trinajstić information content (AvgIpc) is 2.39. The van der Waals surface area contributed by atoms with Crippen molar-refractivity contribution in [1.29, 1.82) is 0 Å². The summed E-state index contributed by atoms with van der Waals surface area (Å²) in [6, 6.07) is 0.214. The molecule has 4 nitrogen and oxygen atoms in total. The predicted molar refractivity (Wildman–Crippen MR) is 71.3 cm³/mol. The molecule has 1 aliphatic rings. The number of hydrogen-bond donors (Lipinski definition) is 1. The zero-order valence-corrected chi connectivity index (χ0v) is 11.7. The molecular formula is C14H25NO3. The van der Waals surface area contributed by atoms with Gasteiger partial charge in [0.1, 0.15) is 0 Å². The maximum absolute atomic E-state index is 11.4. The van der Waals surface area contributed by atoms with E-state index in [0.717, 1.165) is 19.3 Å². The van der Waals surface area contributed by atoms with Crippen LogP contribution in [0.1, 0.15) is 39.0 Å². The molecule has 2 atom stereocenters. The van der Waals surface area contributed by atoms with Crippen molar-refractivity contribution < 1.29 is 14.6 Å². The van der Waals surface area contributed by atoms with Gasteiger partial charge in [0.15, 0.2) is 0 Å². The van der Waals surface area contributed by atoms with Gasteiger partial charge in [-0.1, -0.05) is 25.8 Å². The largest absolute Gasteiger partial charge is 0.466 e. The summed E-state index contributed by atoms with van der Waals surface area (Å²) in [5.74, 6) is -0.255. The van der Waals surface area contributed by atoms with E-state index in [-0.39, 0.29) is 18.1 Å². The van der Waals surface area contributed by atoms with Crippen molar-refractivity contribution in [2.24, 2.45) is 0 Å². The topological polar surface area (TPSA) is 49.8 Å². The van der Waals surface area contributed by atoms with Gasteiger partial charge >= 0.3 is 5.97 Å². The minimum Gasteiger partial charge on any atom is -0.466 e. The van der Waals surface area contributed by atoms with Crippen LogP contribution < -0.4 is 0 Å². The lowest BCUT2D eigenvalue weighted by atomic mass is 9.91. The first kappa shape index (κ1) is 15.2. The Balaban J connectivity index is 2.54. The Morgan fingerprint density at radius 1 is 1.44 bits per heavy atom. The molecule has 104 valence electrons. The van der Waals surface area contributed by atoms with Crippen molar-refractivity contribution in [3.8, 4) is 0 Å². The molecule has 2 unspecified atom stereocenters. The Hall–Kier alpha value is -0.870. The summed E-state index contributed by atoms with van der Waals surface area (Å²) in [7, 11) is 3.40. The van der Waals surface area contributed by atoms with Crippen LogP contribution in [0, 0.1) is 0 Å². The van der Waals surface area contributed by atoms with Crippen LogP contribution in [0.15, 0.2) is 11.6 Å².